The Morgan fingerprint density at radius 3 is 2.58 bits per heavy atom. The molecule has 0 aromatic heterocycles. The summed E-state index contributed by atoms with van der Waals surface area (Å²) >= 11 is 0. The molecule has 8 heteroatoms. The van der Waals surface area contributed by atoms with Crippen molar-refractivity contribution >= 4 is 11.9 Å². The van der Waals surface area contributed by atoms with Crippen LogP contribution in [-0.4, -0.2) is 64.6 Å². The fraction of sp³-hybridized carbons (Fsp3) is 0.738. The second-order valence-electron chi connectivity index (χ2n) is 36.6. The topological polar surface area (TPSA) is 105 Å². The number of fused-ring (bicyclic) bond motifs is 11. The van der Waals surface area contributed by atoms with Crippen molar-refractivity contribution in [1.29, 1.82) is 0 Å². The van der Waals surface area contributed by atoms with Crippen LogP contribution in [0, 0.1) is 133 Å². The van der Waals surface area contributed by atoms with Crippen molar-refractivity contribution in [2.75, 3.05) is 19.6 Å². The Morgan fingerprint density at radius 1 is 0.793 bits per heavy atom. The Kier molecular flexibility index (Phi) is 12.0. The van der Waals surface area contributed by atoms with Crippen LogP contribution in [0.2, 0.25) is 0 Å². The van der Waals surface area contributed by atoms with Gasteiger partial charge in [0.15, 0.2) is 11.4 Å². The number of benzene rings is 1. The molecule has 92 heavy (non-hydrogen) atoms. The van der Waals surface area contributed by atoms with Crippen LogP contribution < -0.4 is 5.73 Å². The summed E-state index contributed by atoms with van der Waals surface area (Å²) in [6, 6.07) is 7.51. The van der Waals surface area contributed by atoms with Gasteiger partial charge in [-0.3, -0.25) is 9.69 Å². The van der Waals surface area contributed by atoms with E-state index in [-0.39, 0.29) is 52.5 Å². The SMILES string of the molecule is CC1CC=CC2=CC3CC4C(C)CC5=C6C4C4=C3C37C(=O)OC(=C(O)CC8C9CC%10(CCCC%10)C%10(CCCC%10%11CCCC%11C#CCC%10C%11CC(CN%108)C(CC5)N6C%11)C9)C3(CC4)C3(OC(=O)c4c(CCCN)cccc43)C7CC2C2CCCC3(CCC4C(C=CC43)C1)C2. The van der Waals surface area contributed by atoms with Crippen molar-refractivity contribution in [3.05, 3.63) is 105 Å². The zero-order chi connectivity index (χ0) is 61.2. The molecule has 20 aliphatic rings. The predicted octanol–water partition coefficient (Wildman–Crippen LogP) is 16.7. The highest BCUT2D eigenvalue weighted by Crippen LogP contribution is 2.89. The number of aliphatic hydroxyl groups is 1. The quantitative estimate of drug-likeness (QED) is 0.175. The molecule has 7 heterocycles. The molecule has 0 radical (unpaired) electrons. The lowest BCUT2D eigenvalue weighted by Crippen LogP contribution is -2.78. The first-order valence-electron chi connectivity index (χ1n) is 39.1. The average Bonchev–Trinajstić information content (AvgIpc) is 1.29. The van der Waals surface area contributed by atoms with Crippen LogP contribution in [0.15, 0.2) is 88.1 Å². The van der Waals surface area contributed by atoms with Crippen LogP contribution in [0.1, 0.15) is 234 Å². The van der Waals surface area contributed by atoms with Crippen molar-refractivity contribution in [1.82, 2.24) is 9.80 Å². The van der Waals surface area contributed by atoms with Crippen LogP contribution in [0.5, 0.6) is 0 Å². The first-order chi connectivity index (χ1) is 44.9. The predicted molar refractivity (Wildman–Crippen MR) is 356 cm³/mol. The molecule has 7 spiro atoms. The number of piperidine rings is 2. The minimum absolute atomic E-state index is 0.0274. The minimum atomic E-state index is -1.22. The van der Waals surface area contributed by atoms with Crippen molar-refractivity contribution < 1.29 is 24.2 Å². The van der Waals surface area contributed by atoms with E-state index in [2.05, 4.69) is 84.1 Å². The number of aliphatic hydroxyl groups excluding tert-OH is 1. The largest absolute Gasteiger partial charge is 0.509 e. The summed E-state index contributed by atoms with van der Waals surface area (Å²) in [5.41, 5.74) is 14.6. The van der Waals surface area contributed by atoms with Gasteiger partial charge in [0.05, 0.1) is 11.0 Å². The Bertz CT molecular complexity index is 3670. The van der Waals surface area contributed by atoms with Gasteiger partial charge in [-0.15, -0.1) is 5.92 Å². The van der Waals surface area contributed by atoms with E-state index >= 15 is 9.59 Å². The number of rotatable bonds is 3. The van der Waals surface area contributed by atoms with Gasteiger partial charge in [0.2, 0.25) is 0 Å². The number of ether oxygens (including phenoxy) is 2. The Hall–Kier alpha value is -4.32. The zero-order valence-electron chi connectivity index (χ0n) is 55.8. The molecule has 3 N–H and O–H groups in total. The normalized spacial score (nSPS) is 50.3. The summed E-state index contributed by atoms with van der Waals surface area (Å²) in [7, 11) is 0. The van der Waals surface area contributed by atoms with Gasteiger partial charge in [-0.25, -0.2) is 4.79 Å². The second-order valence-corrected chi connectivity index (χ2v) is 36.6. The molecule has 8 nitrogen and oxygen atoms in total. The molecular formula is C84H105N3O5. The van der Waals surface area contributed by atoms with Gasteiger partial charge in [0.25, 0.3) is 0 Å². The lowest BCUT2D eigenvalue weighted by Gasteiger charge is -2.73. The highest BCUT2D eigenvalue weighted by molar-refractivity contribution is 6.00. The molecule has 7 saturated carbocycles. The first kappa shape index (κ1) is 56.8. The lowest BCUT2D eigenvalue weighted by atomic mass is 9.27. The summed E-state index contributed by atoms with van der Waals surface area (Å²) in [4.78, 5) is 39.7. The van der Waals surface area contributed by atoms with Crippen molar-refractivity contribution in [3.8, 4) is 11.8 Å². The van der Waals surface area contributed by atoms with Crippen LogP contribution >= 0.6 is 0 Å². The summed E-state index contributed by atoms with van der Waals surface area (Å²) in [6.45, 7) is 7.86. The summed E-state index contributed by atoms with van der Waals surface area (Å²) in [6.07, 6.45) is 50.4. The van der Waals surface area contributed by atoms with Crippen LogP contribution in [0.25, 0.3) is 0 Å². The molecule has 24 unspecified atom stereocenters. The maximum Gasteiger partial charge on any atom is 0.339 e. The van der Waals surface area contributed by atoms with Gasteiger partial charge in [0, 0.05) is 79.0 Å². The number of nitrogens with two attached hydrogens (primary N) is 1. The maximum atomic E-state index is 17.5. The lowest BCUT2D eigenvalue weighted by molar-refractivity contribution is -0.283. The van der Waals surface area contributed by atoms with Crippen LogP contribution in [-0.2, 0) is 26.3 Å². The summed E-state index contributed by atoms with van der Waals surface area (Å²) < 4.78 is 15.5. The number of hydrogen-bond acceptors (Lipinski definition) is 8. The molecular weight excluding hydrogens is 1130 g/mol. The summed E-state index contributed by atoms with van der Waals surface area (Å²) in [5.74, 6) is 15.0. The van der Waals surface area contributed by atoms with Gasteiger partial charge in [-0.2, -0.15) is 0 Å². The molecule has 486 valence electrons. The van der Waals surface area contributed by atoms with E-state index in [1.54, 1.807) is 16.8 Å². The molecule has 13 aliphatic carbocycles. The summed E-state index contributed by atoms with van der Waals surface area (Å²) in [5, 5.41) is 14.6. The van der Waals surface area contributed by atoms with Crippen molar-refractivity contribution in [2.24, 2.45) is 127 Å². The highest BCUT2D eigenvalue weighted by Gasteiger charge is 2.94. The highest BCUT2D eigenvalue weighted by atomic mass is 16.6. The molecule has 21 rings (SSSR count). The molecule has 10 fully saturated rings. The number of nitrogens with zero attached hydrogens (tertiary/aromatic N) is 2. The zero-order valence-corrected chi connectivity index (χ0v) is 55.8. The van der Waals surface area contributed by atoms with Gasteiger partial charge in [-0.1, -0.05) is 112 Å². The number of carbonyl (C=O) groups excluding carboxylic acids is 2. The van der Waals surface area contributed by atoms with E-state index in [9.17, 15) is 5.11 Å². The molecule has 1 aromatic carbocycles. The van der Waals surface area contributed by atoms with Gasteiger partial charge in [-0.05, 0) is 271 Å². The third-order valence-corrected chi connectivity index (χ3v) is 34.1. The number of carbonyl (C=O) groups is 2. The number of esters is 2. The second kappa shape index (κ2) is 19.5. The third kappa shape index (κ3) is 6.71. The molecule has 3 saturated heterocycles. The number of hydrogen-bond donors (Lipinski definition) is 2. The molecule has 24 atom stereocenters. The van der Waals surface area contributed by atoms with E-state index in [0.717, 1.165) is 68.7 Å². The molecule has 1 aromatic rings. The fourth-order valence-corrected chi connectivity index (χ4v) is 31.6. The van der Waals surface area contributed by atoms with Gasteiger partial charge in [0.1, 0.15) is 11.2 Å². The first-order valence-corrected chi connectivity index (χ1v) is 39.1. The third-order valence-electron chi connectivity index (χ3n) is 34.1. The Morgan fingerprint density at radius 2 is 1.67 bits per heavy atom. The van der Waals surface area contributed by atoms with E-state index in [0.29, 0.717) is 125 Å². The smallest absolute Gasteiger partial charge is 0.339 e. The molecule has 15 bridgehead atoms. The van der Waals surface area contributed by atoms with Crippen molar-refractivity contribution in [3.63, 3.8) is 0 Å². The van der Waals surface area contributed by atoms with Crippen molar-refractivity contribution in [2.45, 2.75) is 243 Å². The molecule has 0 amide bonds. The number of aryl methyl sites for hydroxylation is 1. The minimum Gasteiger partial charge on any atom is -0.509 e. The monoisotopic (exact) mass is 1240 g/mol. The Balaban J connectivity index is 0.830. The van der Waals surface area contributed by atoms with Crippen LogP contribution in [0.4, 0.5) is 0 Å². The Labute approximate surface area is 549 Å². The molecule has 7 aliphatic heterocycles. The standard InChI is InChI=1S/C84H105N3O5/c1-48-12-5-14-51-38-55-40-62-49(2)37-53-22-24-67-56-39-57-47-87(67)74(53)72(62)61-26-34-82-75(69(88)42-68-58-44-79(28-3-4-29-79)81(45-58)32-11-31-80(81)30-9-18-59(80)17-7-20-66(57)86(68)46-56)91-77(90)83(82,73(55)61)70(84(82)65-19-6-13-50(16-10-35-85)71(65)76(89)92-84)41-63(51)54-15-8-27-78(43-54)33-25-60-52(36-48)21-23-64(60)78/h5-6,13-14,19,21,23,38,48-49,52,54-60,62-64,66-68,70,72,88H,3-4,8-12,15-16,18,20,22,24-37,39-47,85H2,1-2H3. The van der Waals surface area contributed by atoms with E-state index in [1.165, 1.54) is 159 Å². The average molecular weight is 1240 g/mol. The van der Waals surface area contributed by atoms with E-state index in [4.69, 9.17) is 15.2 Å². The van der Waals surface area contributed by atoms with E-state index in [1.807, 2.05) is 0 Å². The van der Waals surface area contributed by atoms with E-state index < -0.39 is 16.4 Å². The van der Waals surface area contributed by atoms with Crippen LogP contribution in [0.3, 0.4) is 0 Å². The number of allylic oxidation sites excluding steroid dienone is 8. The van der Waals surface area contributed by atoms with Gasteiger partial charge < -0.3 is 25.2 Å². The fourth-order valence-electron chi connectivity index (χ4n) is 31.6. The van der Waals surface area contributed by atoms with Gasteiger partial charge >= 0.3 is 11.9 Å². The maximum absolute atomic E-state index is 17.5.